The highest BCUT2D eigenvalue weighted by atomic mass is 32.1. The quantitative estimate of drug-likeness (QED) is 0.462. The van der Waals surface area contributed by atoms with Crippen LogP contribution in [0.15, 0.2) is 0 Å². The number of rotatable bonds is 4. The highest BCUT2D eigenvalue weighted by molar-refractivity contribution is 7.80. The molecule has 4 radical (unpaired) electrons. The van der Waals surface area contributed by atoms with Gasteiger partial charge in [0, 0.05) is 0 Å². The molecule has 4 heteroatoms. The zero-order valence-electron chi connectivity index (χ0n) is 6.18. The Kier molecular flexibility index (Phi) is 4.50. The lowest BCUT2D eigenvalue weighted by Crippen LogP contribution is -2.25. The molecule has 0 nitrogen and oxygen atoms in total. The molecule has 0 saturated heterocycles. The van der Waals surface area contributed by atoms with Crippen LogP contribution >= 0.6 is 12.6 Å². The topological polar surface area (TPSA) is 0 Å². The lowest BCUT2D eigenvalue weighted by atomic mass is 9.61. The average molecular weight is 156 g/mol. The van der Waals surface area contributed by atoms with Gasteiger partial charge in [-0.3, -0.25) is 0 Å². The Morgan fingerprint density at radius 3 is 2.40 bits per heavy atom. The summed E-state index contributed by atoms with van der Waals surface area (Å²) in [6, 6.07) is 0. The van der Waals surface area contributed by atoms with Gasteiger partial charge in [-0.1, -0.05) is 5.72 Å². The molecule has 0 aliphatic heterocycles. The molecule has 0 aromatic carbocycles. The zero-order valence-corrected chi connectivity index (χ0v) is 7.07. The summed E-state index contributed by atoms with van der Waals surface area (Å²) in [5, 5.41) is 0. The monoisotopic (exact) mass is 156 g/mol. The van der Waals surface area contributed by atoms with Crippen molar-refractivity contribution in [2.24, 2.45) is 0 Å². The van der Waals surface area contributed by atoms with Gasteiger partial charge in [0.2, 0.25) is 0 Å². The molecule has 1 unspecified atom stereocenters. The molecule has 1 atom stereocenters. The summed E-state index contributed by atoms with van der Waals surface area (Å²) in [6.07, 6.45) is 1.09. The van der Waals surface area contributed by atoms with Gasteiger partial charge in [0.25, 0.3) is 0 Å². The van der Waals surface area contributed by atoms with E-state index in [2.05, 4.69) is 12.6 Å². The van der Waals surface area contributed by atoms with Crippen molar-refractivity contribution in [1.29, 1.82) is 0 Å². The molecular formula is C6H11B2FS. The van der Waals surface area contributed by atoms with Crippen LogP contribution in [0.4, 0.5) is 4.39 Å². The summed E-state index contributed by atoms with van der Waals surface area (Å²) < 4.78 is 13.1. The van der Waals surface area contributed by atoms with E-state index in [0.717, 1.165) is 0 Å². The van der Waals surface area contributed by atoms with Gasteiger partial charge >= 0.3 is 0 Å². The van der Waals surface area contributed by atoms with Crippen molar-refractivity contribution in [2.75, 3.05) is 5.75 Å². The van der Waals surface area contributed by atoms with Crippen molar-refractivity contribution in [3.8, 4) is 0 Å². The second kappa shape index (κ2) is 4.32. The predicted molar refractivity (Wildman–Crippen MR) is 47.9 cm³/mol. The number of hydrogen-bond donors (Lipinski definition) is 1. The van der Waals surface area contributed by atoms with E-state index >= 15 is 0 Å². The molecule has 0 saturated carbocycles. The highest BCUT2D eigenvalue weighted by Crippen LogP contribution is 2.27. The van der Waals surface area contributed by atoms with E-state index in [1.54, 1.807) is 0 Å². The van der Waals surface area contributed by atoms with Crippen LogP contribution in [0.2, 0.25) is 5.72 Å². The van der Waals surface area contributed by atoms with Gasteiger partial charge in [-0.25, -0.2) is 4.39 Å². The van der Waals surface area contributed by atoms with Gasteiger partial charge in [0.1, 0.15) is 0 Å². The van der Waals surface area contributed by atoms with E-state index < -0.39 is 11.4 Å². The fraction of sp³-hybridized carbons (Fsp3) is 1.00. The second-order valence-corrected chi connectivity index (χ2v) is 3.08. The van der Waals surface area contributed by atoms with Crippen LogP contribution in [0.5, 0.6) is 0 Å². The van der Waals surface area contributed by atoms with Gasteiger partial charge in [-0.2, -0.15) is 12.6 Å². The SMILES string of the molecule is [B]C([B])C(C)(F)CCCS. The predicted octanol–water partition coefficient (Wildman–Crippen LogP) is 1.51. The Morgan fingerprint density at radius 2 is 2.10 bits per heavy atom. The first-order chi connectivity index (χ1) is 4.50. The van der Waals surface area contributed by atoms with E-state index in [4.69, 9.17) is 15.7 Å². The highest BCUT2D eigenvalue weighted by Gasteiger charge is 2.25. The third-order valence-electron chi connectivity index (χ3n) is 1.52. The van der Waals surface area contributed by atoms with E-state index in [1.165, 1.54) is 6.92 Å². The number of thiol groups is 1. The van der Waals surface area contributed by atoms with Crippen molar-refractivity contribution >= 4 is 28.3 Å². The van der Waals surface area contributed by atoms with Crippen LogP contribution in [0.1, 0.15) is 19.8 Å². The lowest BCUT2D eigenvalue weighted by molar-refractivity contribution is 0.189. The lowest BCUT2D eigenvalue weighted by Gasteiger charge is -2.24. The summed E-state index contributed by atoms with van der Waals surface area (Å²) in [5.74, 6) is 0.673. The third-order valence-corrected chi connectivity index (χ3v) is 1.83. The Morgan fingerprint density at radius 1 is 1.60 bits per heavy atom. The van der Waals surface area contributed by atoms with Crippen LogP contribution in [0.25, 0.3) is 0 Å². The van der Waals surface area contributed by atoms with Crippen LogP contribution in [0, 0.1) is 0 Å². The van der Waals surface area contributed by atoms with Crippen molar-refractivity contribution in [3.63, 3.8) is 0 Å². The molecule has 0 heterocycles. The summed E-state index contributed by atoms with van der Waals surface area (Å²) >= 11 is 3.95. The van der Waals surface area contributed by atoms with Gasteiger partial charge in [-0.05, 0) is 25.5 Å². The molecule has 0 N–H and O–H groups in total. The molecule has 10 heavy (non-hydrogen) atoms. The first kappa shape index (κ1) is 10.4. The van der Waals surface area contributed by atoms with Crippen LogP contribution in [-0.2, 0) is 0 Å². The molecule has 0 bridgehead atoms. The normalized spacial score (nSPS) is 17.2. The van der Waals surface area contributed by atoms with Crippen molar-refractivity contribution in [1.82, 2.24) is 0 Å². The Bertz CT molecular complexity index is 95.7. The molecule has 0 aliphatic rings. The second-order valence-electron chi connectivity index (χ2n) is 2.63. The fourth-order valence-electron chi connectivity index (χ4n) is 0.591. The van der Waals surface area contributed by atoms with Gasteiger partial charge in [0.15, 0.2) is 0 Å². The van der Waals surface area contributed by atoms with Crippen LogP contribution < -0.4 is 0 Å². The zero-order chi connectivity index (χ0) is 8.20. The minimum atomic E-state index is -1.44. The minimum Gasteiger partial charge on any atom is -0.245 e. The van der Waals surface area contributed by atoms with Gasteiger partial charge < -0.3 is 0 Å². The van der Waals surface area contributed by atoms with E-state index in [0.29, 0.717) is 18.6 Å². The molecule has 0 rings (SSSR count). The summed E-state index contributed by atoms with van der Waals surface area (Å²) in [6.45, 7) is 1.42. The summed E-state index contributed by atoms with van der Waals surface area (Å²) in [5.41, 5.74) is -2.32. The Labute approximate surface area is 70.2 Å². The Balaban J connectivity index is 3.63. The number of hydrogen-bond acceptors (Lipinski definition) is 1. The van der Waals surface area contributed by atoms with Crippen molar-refractivity contribution in [2.45, 2.75) is 31.2 Å². The summed E-state index contributed by atoms with van der Waals surface area (Å²) in [7, 11) is 10.4. The van der Waals surface area contributed by atoms with E-state index in [1.807, 2.05) is 0 Å². The molecular weight excluding hydrogens is 145 g/mol. The molecule has 0 aromatic rings. The smallest absolute Gasteiger partial charge is 0.0958 e. The van der Waals surface area contributed by atoms with Crippen LogP contribution in [-0.4, -0.2) is 27.1 Å². The third kappa shape index (κ3) is 3.55. The number of halogens is 1. The largest absolute Gasteiger partial charge is 0.245 e. The van der Waals surface area contributed by atoms with E-state index in [9.17, 15) is 4.39 Å². The van der Waals surface area contributed by atoms with Crippen molar-refractivity contribution < 1.29 is 4.39 Å². The summed E-state index contributed by atoms with van der Waals surface area (Å²) in [4.78, 5) is 0. The molecule has 0 amide bonds. The maximum absolute atomic E-state index is 13.1. The maximum Gasteiger partial charge on any atom is 0.0958 e. The molecule has 0 fully saturated rings. The number of alkyl halides is 1. The average Bonchev–Trinajstić information content (AvgIpc) is 1.84. The fourth-order valence-corrected chi connectivity index (χ4v) is 0.749. The van der Waals surface area contributed by atoms with Gasteiger partial charge in [-0.15, -0.1) is 0 Å². The van der Waals surface area contributed by atoms with E-state index in [-0.39, 0.29) is 0 Å². The Hall–Kier alpha value is 0.410. The minimum absolute atomic E-state index is 0.383. The van der Waals surface area contributed by atoms with Gasteiger partial charge in [0.05, 0.1) is 21.4 Å². The first-order valence-electron chi connectivity index (χ1n) is 3.31. The first-order valence-corrected chi connectivity index (χ1v) is 3.95. The molecule has 54 valence electrons. The molecule has 0 aliphatic carbocycles. The molecule has 0 aromatic heterocycles. The molecule has 0 spiro atoms. The van der Waals surface area contributed by atoms with Crippen LogP contribution in [0.3, 0.4) is 0 Å². The maximum atomic E-state index is 13.1. The standard InChI is InChI=1S/C6H11B2FS/c1-6(9,5(7)8)3-2-4-10/h5,10H,2-4H2,1H3. The van der Waals surface area contributed by atoms with Crippen molar-refractivity contribution in [3.05, 3.63) is 0 Å².